The Morgan fingerprint density at radius 3 is 2.41 bits per heavy atom. The number of hydrogen-bond acceptors (Lipinski definition) is 1. The third-order valence-electron chi connectivity index (χ3n) is 4.53. The monoisotopic (exact) mass is 290 g/mol. The molecule has 110 valence electrons. The summed E-state index contributed by atoms with van der Waals surface area (Å²) in [4.78, 5) is 12.7. The smallest absolute Gasteiger partial charge is 0.253 e. The lowest BCUT2D eigenvalue weighted by Gasteiger charge is -2.11. The predicted octanol–water partition coefficient (Wildman–Crippen LogP) is 3.08. The quantitative estimate of drug-likeness (QED) is 0.773. The molecule has 0 unspecified atom stereocenters. The molecule has 3 aromatic rings. The highest BCUT2D eigenvalue weighted by molar-refractivity contribution is 6.07. The minimum atomic E-state index is 0.0228. The van der Waals surface area contributed by atoms with E-state index in [-0.39, 0.29) is 11.9 Å². The Bertz CT molecular complexity index is 838. The Kier molecular flexibility index (Phi) is 3.00. The van der Waals surface area contributed by atoms with Crippen LogP contribution in [0.3, 0.4) is 0 Å². The molecule has 0 saturated carbocycles. The number of fused-ring (bicyclic) bond motifs is 2. The fourth-order valence-electron chi connectivity index (χ4n) is 3.45. The van der Waals surface area contributed by atoms with Crippen molar-refractivity contribution >= 4 is 16.8 Å². The number of nitrogens with zero attached hydrogens (tertiary/aromatic N) is 1. The zero-order valence-electron chi connectivity index (χ0n) is 12.5. The second kappa shape index (κ2) is 5.02. The second-order valence-corrected chi connectivity index (χ2v) is 6.02. The summed E-state index contributed by atoms with van der Waals surface area (Å²) < 4.78 is 2.01. The number of aromatic nitrogens is 1. The molecule has 0 fully saturated rings. The maximum absolute atomic E-state index is 12.7. The lowest BCUT2D eigenvalue weighted by atomic mass is 10.1. The van der Waals surface area contributed by atoms with E-state index in [1.165, 1.54) is 11.1 Å². The van der Waals surface area contributed by atoms with Crippen molar-refractivity contribution in [1.29, 1.82) is 0 Å². The van der Waals surface area contributed by atoms with Crippen LogP contribution in [0.15, 0.2) is 54.7 Å². The van der Waals surface area contributed by atoms with Gasteiger partial charge in [-0.25, -0.2) is 0 Å². The van der Waals surface area contributed by atoms with E-state index in [2.05, 4.69) is 29.6 Å². The molecule has 3 heteroatoms. The number of nitrogens with one attached hydrogen (secondary N) is 1. The third kappa shape index (κ3) is 2.10. The van der Waals surface area contributed by atoms with E-state index in [9.17, 15) is 4.79 Å². The van der Waals surface area contributed by atoms with Gasteiger partial charge in [0.25, 0.3) is 5.91 Å². The zero-order valence-corrected chi connectivity index (χ0v) is 12.5. The maximum Gasteiger partial charge on any atom is 0.253 e. The standard InChI is InChI=1S/C19H18N2O/c1-21-12-17(16-8-4-5-9-18(16)21)19(22)20-15-10-13-6-2-3-7-14(13)11-15/h2-9,12,15H,10-11H2,1H3,(H,20,22). The first-order chi connectivity index (χ1) is 10.7. The number of carbonyl (C=O) groups is 1. The van der Waals surface area contributed by atoms with Gasteiger partial charge >= 0.3 is 0 Å². The van der Waals surface area contributed by atoms with Crippen LogP contribution in [0.5, 0.6) is 0 Å². The first-order valence-corrected chi connectivity index (χ1v) is 7.64. The average Bonchev–Trinajstić information content (AvgIpc) is 3.08. The van der Waals surface area contributed by atoms with Crippen molar-refractivity contribution in [2.45, 2.75) is 18.9 Å². The summed E-state index contributed by atoms with van der Waals surface area (Å²) in [6.07, 6.45) is 3.77. The Labute approximate surface area is 129 Å². The van der Waals surface area contributed by atoms with Gasteiger partial charge in [-0.3, -0.25) is 4.79 Å². The highest BCUT2D eigenvalue weighted by Crippen LogP contribution is 2.24. The van der Waals surface area contributed by atoms with Crippen molar-refractivity contribution in [3.8, 4) is 0 Å². The SMILES string of the molecule is Cn1cc(C(=O)NC2Cc3ccccc3C2)c2ccccc21. The Morgan fingerprint density at radius 1 is 1.05 bits per heavy atom. The number of rotatable bonds is 2. The summed E-state index contributed by atoms with van der Waals surface area (Å²) in [6.45, 7) is 0. The van der Waals surface area contributed by atoms with Gasteiger partial charge in [0.15, 0.2) is 0 Å². The van der Waals surface area contributed by atoms with E-state index in [1.54, 1.807) is 0 Å². The van der Waals surface area contributed by atoms with E-state index >= 15 is 0 Å². The number of hydrogen-bond donors (Lipinski definition) is 1. The molecule has 1 aromatic heterocycles. The average molecular weight is 290 g/mol. The predicted molar refractivity (Wildman–Crippen MR) is 88.0 cm³/mol. The molecule has 4 rings (SSSR count). The molecule has 1 aliphatic carbocycles. The topological polar surface area (TPSA) is 34.0 Å². The van der Waals surface area contributed by atoms with E-state index in [1.807, 2.05) is 42.1 Å². The molecule has 0 saturated heterocycles. The summed E-state index contributed by atoms with van der Waals surface area (Å²) in [5, 5.41) is 4.21. The van der Waals surface area contributed by atoms with Crippen molar-refractivity contribution in [2.24, 2.45) is 7.05 Å². The first kappa shape index (κ1) is 13.1. The van der Waals surface area contributed by atoms with Gasteiger partial charge in [-0.15, -0.1) is 0 Å². The van der Waals surface area contributed by atoms with Crippen LogP contribution in [0.2, 0.25) is 0 Å². The lowest BCUT2D eigenvalue weighted by molar-refractivity contribution is 0.0940. The summed E-state index contributed by atoms with van der Waals surface area (Å²) in [5.41, 5.74) is 4.55. The Hall–Kier alpha value is -2.55. The molecule has 2 aromatic carbocycles. The molecule has 22 heavy (non-hydrogen) atoms. The molecular weight excluding hydrogens is 272 g/mol. The number of aryl methyl sites for hydroxylation is 1. The van der Waals surface area contributed by atoms with E-state index in [0.29, 0.717) is 0 Å². The summed E-state index contributed by atoms with van der Waals surface area (Å²) in [6, 6.07) is 16.7. The van der Waals surface area contributed by atoms with Gasteiger partial charge < -0.3 is 9.88 Å². The van der Waals surface area contributed by atoms with Crippen molar-refractivity contribution < 1.29 is 4.79 Å². The molecule has 0 aliphatic heterocycles. The molecule has 1 N–H and O–H groups in total. The number of benzene rings is 2. The van der Waals surface area contributed by atoms with E-state index in [4.69, 9.17) is 0 Å². The third-order valence-corrected chi connectivity index (χ3v) is 4.53. The molecule has 1 amide bonds. The zero-order chi connectivity index (χ0) is 15.1. The van der Waals surface area contributed by atoms with Gasteiger partial charge in [0.2, 0.25) is 0 Å². The van der Waals surface area contributed by atoms with Gasteiger partial charge in [0, 0.05) is 30.2 Å². The fraction of sp³-hybridized carbons (Fsp3) is 0.211. The molecule has 1 heterocycles. The minimum Gasteiger partial charge on any atom is -0.350 e. The van der Waals surface area contributed by atoms with Gasteiger partial charge in [-0.2, -0.15) is 0 Å². The maximum atomic E-state index is 12.7. The number of amides is 1. The van der Waals surface area contributed by atoms with Gasteiger partial charge in [0.05, 0.1) is 5.56 Å². The van der Waals surface area contributed by atoms with Gasteiger partial charge in [-0.05, 0) is 30.0 Å². The summed E-state index contributed by atoms with van der Waals surface area (Å²) >= 11 is 0. The Morgan fingerprint density at radius 2 is 1.68 bits per heavy atom. The number of carbonyl (C=O) groups excluding carboxylic acids is 1. The van der Waals surface area contributed by atoms with Crippen LogP contribution in [0, 0.1) is 0 Å². The molecule has 0 radical (unpaired) electrons. The normalized spacial score (nSPS) is 14.2. The summed E-state index contributed by atoms with van der Waals surface area (Å²) in [5.74, 6) is 0.0228. The van der Waals surface area contributed by atoms with Crippen LogP contribution >= 0.6 is 0 Å². The van der Waals surface area contributed by atoms with Gasteiger partial charge in [0.1, 0.15) is 0 Å². The van der Waals surface area contributed by atoms with Crippen LogP contribution < -0.4 is 5.32 Å². The molecule has 0 atom stereocenters. The van der Waals surface area contributed by atoms with E-state index in [0.717, 1.165) is 29.3 Å². The number of para-hydroxylation sites is 1. The molecule has 3 nitrogen and oxygen atoms in total. The van der Waals surface area contributed by atoms with Crippen LogP contribution in [0.4, 0.5) is 0 Å². The van der Waals surface area contributed by atoms with Crippen LogP contribution in [-0.2, 0) is 19.9 Å². The van der Waals surface area contributed by atoms with Crippen LogP contribution in [-0.4, -0.2) is 16.5 Å². The van der Waals surface area contributed by atoms with Crippen molar-refractivity contribution in [2.75, 3.05) is 0 Å². The molecule has 0 spiro atoms. The van der Waals surface area contributed by atoms with E-state index < -0.39 is 0 Å². The summed E-state index contributed by atoms with van der Waals surface area (Å²) in [7, 11) is 1.98. The molecule has 0 bridgehead atoms. The van der Waals surface area contributed by atoms with Crippen molar-refractivity contribution in [3.63, 3.8) is 0 Å². The second-order valence-electron chi connectivity index (χ2n) is 6.02. The van der Waals surface area contributed by atoms with Gasteiger partial charge in [-0.1, -0.05) is 42.5 Å². The molecule has 1 aliphatic rings. The van der Waals surface area contributed by atoms with Crippen LogP contribution in [0.25, 0.3) is 10.9 Å². The highest BCUT2D eigenvalue weighted by atomic mass is 16.1. The molecular formula is C19H18N2O. The highest BCUT2D eigenvalue weighted by Gasteiger charge is 2.24. The van der Waals surface area contributed by atoms with Crippen molar-refractivity contribution in [1.82, 2.24) is 9.88 Å². The first-order valence-electron chi connectivity index (χ1n) is 7.64. The van der Waals surface area contributed by atoms with Crippen molar-refractivity contribution in [3.05, 3.63) is 71.4 Å². The fourth-order valence-corrected chi connectivity index (χ4v) is 3.45. The largest absolute Gasteiger partial charge is 0.350 e. The van der Waals surface area contributed by atoms with Crippen LogP contribution in [0.1, 0.15) is 21.5 Å². The Balaban J connectivity index is 1.58. The minimum absolute atomic E-state index is 0.0228. The lowest BCUT2D eigenvalue weighted by Crippen LogP contribution is -2.35.